The molecule has 2 aliphatic heterocycles. The molecule has 7 nitrogen and oxygen atoms in total. The van der Waals surface area contributed by atoms with E-state index >= 15 is 0 Å². The molecule has 1 amide bonds. The first-order chi connectivity index (χ1) is 17.0. The number of hydrogen-bond donors (Lipinski definition) is 2. The van der Waals surface area contributed by atoms with Gasteiger partial charge in [-0.25, -0.2) is 4.79 Å². The van der Waals surface area contributed by atoms with Crippen LogP contribution in [-0.2, 0) is 17.1 Å². The van der Waals surface area contributed by atoms with Crippen molar-refractivity contribution in [1.82, 2.24) is 4.90 Å². The smallest absolute Gasteiger partial charge is 0.416 e. The third-order valence-electron chi connectivity index (χ3n) is 5.90. The van der Waals surface area contributed by atoms with Gasteiger partial charge in [0.2, 0.25) is 0 Å². The molecule has 3 atom stereocenters. The number of fused-ring (bicyclic) bond motifs is 2. The third kappa shape index (κ3) is 5.42. The minimum absolute atomic E-state index is 0.00236. The number of hydrogen-bond acceptors (Lipinski definition) is 6. The fourth-order valence-corrected chi connectivity index (χ4v) is 4.26. The molecule has 202 valence electrons. The van der Waals surface area contributed by atoms with Gasteiger partial charge >= 0.3 is 18.4 Å². The van der Waals surface area contributed by atoms with Gasteiger partial charge in [0.1, 0.15) is 11.7 Å². The van der Waals surface area contributed by atoms with Gasteiger partial charge in [0, 0.05) is 6.54 Å². The normalized spacial score (nSPS) is 22.2. The molecule has 0 unspecified atom stereocenters. The van der Waals surface area contributed by atoms with Crippen LogP contribution in [0.1, 0.15) is 31.9 Å². The second-order valence-electron chi connectivity index (χ2n) is 9.84. The lowest BCUT2D eigenvalue weighted by Gasteiger charge is -2.47. The van der Waals surface area contributed by atoms with Crippen LogP contribution in [0, 0.1) is 0 Å². The van der Waals surface area contributed by atoms with Crippen molar-refractivity contribution in [2.24, 2.45) is 0 Å². The van der Waals surface area contributed by atoms with Crippen LogP contribution in [0.15, 0.2) is 36.4 Å². The van der Waals surface area contributed by atoms with Gasteiger partial charge in [0.15, 0.2) is 11.5 Å². The standard InChI is InChI=1S/C24H24F6N2O5/c1-22(2,3)37-21(35)31-10-16(20(34)17(33)11-31)32-14-6-4-12(23(25,26)27)8-18(14)36-19-9-13(24(28,29)30)5-7-15(19)32/h4-9,16-17,20,33-34H,10-11H2,1-3H3/t16-,17-,20+/m0/s1. The van der Waals surface area contributed by atoms with Gasteiger partial charge in [-0.3, -0.25) is 0 Å². The number of alkyl halides is 6. The van der Waals surface area contributed by atoms with Gasteiger partial charge in [-0.1, -0.05) is 0 Å². The minimum Gasteiger partial charge on any atom is -0.453 e. The van der Waals surface area contributed by atoms with Gasteiger partial charge in [-0.2, -0.15) is 26.3 Å². The van der Waals surface area contributed by atoms with E-state index in [9.17, 15) is 41.4 Å². The highest BCUT2D eigenvalue weighted by molar-refractivity contribution is 5.80. The summed E-state index contributed by atoms with van der Waals surface area (Å²) >= 11 is 0. The number of piperidine rings is 1. The maximum Gasteiger partial charge on any atom is 0.416 e. The van der Waals surface area contributed by atoms with Crippen LogP contribution < -0.4 is 9.64 Å². The molecule has 0 radical (unpaired) electrons. The quantitative estimate of drug-likeness (QED) is 0.483. The zero-order chi connectivity index (χ0) is 27.5. The van der Waals surface area contributed by atoms with Gasteiger partial charge in [-0.15, -0.1) is 0 Å². The number of likely N-dealkylation sites (tertiary alicyclic amines) is 1. The van der Waals surface area contributed by atoms with Crippen molar-refractivity contribution in [2.75, 3.05) is 18.0 Å². The number of carbonyl (C=O) groups is 1. The molecule has 37 heavy (non-hydrogen) atoms. The third-order valence-corrected chi connectivity index (χ3v) is 5.90. The topological polar surface area (TPSA) is 82.5 Å². The molecule has 4 rings (SSSR count). The summed E-state index contributed by atoms with van der Waals surface area (Å²) < 4.78 is 91.0. The average Bonchev–Trinajstić information content (AvgIpc) is 2.76. The number of aliphatic hydroxyl groups is 2. The van der Waals surface area contributed by atoms with E-state index in [4.69, 9.17) is 9.47 Å². The van der Waals surface area contributed by atoms with Crippen molar-refractivity contribution in [2.45, 2.75) is 57.0 Å². The number of carbonyl (C=O) groups excluding carboxylic acids is 1. The predicted molar refractivity (Wildman–Crippen MR) is 119 cm³/mol. The summed E-state index contributed by atoms with van der Waals surface area (Å²) in [7, 11) is 0. The number of β-amino-alcohol motifs (C(OH)–C–C–N with tert-alkyl or cyclic N) is 1. The largest absolute Gasteiger partial charge is 0.453 e. The van der Waals surface area contributed by atoms with Crippen LogP contribution in [0.5, 0.6) is 11.5 Å². The zero-order valence-corrected chi connectivity index (χ0v) is 19.9. The molecule has 0 bridgehead atoms. The lowest BCUT2D eigenvalue weighted by Crippen LogP contribution is -2.62. The summed E-state index contributed by atoms with van der Waals surface area (Å²) in [5.74, 6) is -0.810. The maximum absolute atomic E-state index is 13.4. The monoisotopic (exact) mass is 534 g/mol. The van der Waals surface area contributed by atoms with Crippen LogP contribution in [-0.4, -0.2) is 58.1 Å². The van der Waals surface area contributed by atoms with Crippen molar-refractivity contribution >= 4 is 17.5 Å². The van der Waals surface area contributed by atoms with E-state index in [1.165, 1.54) is 4.90 Å². The number of nitrogens with zero attached hydrogens (tertiary/aromatic N) is 2. The second kappa shape index (κ2) is 8.98. The number of halogens is 6. The Balaban J connectivity index is 1.82. The van der Waals surface area contributed by atoms with Crippen molar-refractivity contribution in [1.29, 1.82) is 0 Å². The van der Waals surface area contributed by atoms with Crippen LogP contribution in [0.3, 0.4) is 0 Å². The van der Waals surface area contributed by atoms with E-state index in [-0.39, 0.29) is 24.5 Å². The second-order valence-corrected chi connectivity index (χ2v) is 9.84. The molecule has 0 aliphatic carbocycles. The van der Waals surface area contributed by atoms with Crippen molar-refractivity contribution in [3.8, 4) is 11.5 Å². The van der Waals surface area contributed by atoms with E-state index in [2.05, 4.69) is 0 Å². The van der Waals surface area contributed by atoms with Crippen LogP contribution >= 0.6 is 0 Å². The van der Waals surface area contributed by atoms with Crippen LogP contribution in [0.25, 0.3) is 0 Å². The number of benzene rings is 2. The number of aliphatic hydroxyl groups excluding tert-OH is 2. The van der Waals surface area contributed by atoms with E-state index in [0.717, 1.165) is 29.2 Å². The van der Waals surface area contributed by atoms with Gasteiger partial charge in [-0.05, 0) is 57.2 Å². The molecular formula is C24H24F6N2O5. The Morgan fingerprint density at radius 1 is 0.892 bits per heavy atom. The Labute approximate surface area is 207 Å². The highest BCUT2D eigenvalue weighted by Crippen LogP contribution is 2.51. The molecule has 2 heterocycles. The summed E-state index contributed by atoms with van der Waals surface area (Å²) in [6.45, 7) is 4.33. The molecule has 1 fully saturated rings. The fourth-order valence-electron chi connectivity index (χ4n) is 4.26. The zero-order valence-electron chi connectivity index (χ0n) is 19.9. The Bertz CT molecular complexity index is 1130. The van der Waals surface area contributed by atoms with Crippen molar-refractivity contribution in [3.63, 3.8) is 0 Å². The Morgan fingerprint density at radius 2 is 1.38 bits per heavy atom. The molecule has 0 aromatic heterocycles. The Kier molecular flexibility index (Phi) is 6.52. The first kappa shape index (κ1) is 26.9. The molecule has 2 aromatic carbocycles. The number of rotatable bonds is 1. The molecule has 2 N–H and O–H groups in total. The lowest BCUT2D eigenvalue weighted by atomic mass is 9.95. The van der Waals surface area contributed by atoms with Gasteiger partial charge in [0.05, 0.1) is 41.2 Å². The Morgan fingerprint density at radius 3 is 1.81 bits per heavy atom. The van der Waals surface area contributed by atoms with Gasteiger partial charge in [0.25, 0.3) is 0 Å². The fraction of sp³-hybridized carbons (Fsp3) is 0.458. The van der Waals surface area contributed by atoms with Crippen LogP contribution in [0.4, 0.5) is 42.5 Å². The SMILES string of the molecule is CC(C)(C)OC(=O)N1C[C@H](O)[C@H](O)[C@@H](N2c3ccc(C(F)(F)F)cc3Oc3cc(C(F)(F)F)ccc32)C1. The molecule has 1 saturated heterocycles. The summed E-state index contributed by atoms with van der Waals surface area (Å²) in [6, 6.07) is 3.76. The number of ether oxygens (including phenoxy) is 2. The molecule has 0 saturated carbocycles. The maximum atomic E-state index is 13.4. The van der Waals surface area contributed by atoms with E-state index in [1.807, 2.05) is 0 Å². The van der Waals surface area contributed by atoms with Gasteiger partial charge < -0.3 is 29.5 Å². The highest BCUT2D eigenvalue weighted by atomic mass is 19.4. The minimum atomic E-state index is -4.76. The summed E-state index contributed by atoms with van der Waals surface area (Å²) in [5, 5.41) is 21.4. The number of amides is 1. The molecule has 2 aliphatic rings. The molecule has 0 spiro atoms. The number of anilines is 2. The van der Waals surface area contributed by atoms with E-state index in [0.29, 0.717) is 12.1 Å². The highest BCUT2D eigenvalue weighted by Gasteiger charge is 2.45. The van der Waals surface area contributed by atoms with Crippen molar-refractivity contribution < 1.29 is 50.8 Å². The molecular weight excluding hydrogens is 510 g/mol. The molecule has 13 heteroatoms. The Hall–Kier alpha value is -3.19. The summed E-state index contributed by atoms with van der Waals surface area (Å²) in [4.78, 5) is 15.1. The lowest BCUT2D eigenvalue weighted by molar-refractivity contribution is -0.138. The molecule has 2 aromatic rings. The average molecular weight is 534 g/mol. The van der Waals surface area contributed by atoms with Crippen LogP contribution in [0.2, 0.25) is 0 Å². The van der Waals surface area contributed by atoms with E-state index in [1.54, 1.807) is 20.8 Å². The van der Waals surface area contributed by atoms with Crippen molar-refractivity contribution in [3.05, 3.63) is 47.5 Å². The predicted octanol–water partition coefficient (Wildman–Crippen LogP) is 5.31. The summed E-state index contributed by atoms with van der Waals surface area (Å²) in [5.41, 5.74) is -3.07. The summed E-state index contributed by atoms with van der Waals surface area (Å²) in [6.07, 6.45) is -13.3. The van der Waals surface area contributed by atoms with E-state index < -0.39 is 64.9 Å². The first-order valence-corrected chi connectivity index (χ1v) is 11.2. The first-order valence-electron chi connectivity index (χ1n) is 11.2.